The average molecular weight is 347 g/mol. The number of anilines is 2. The molecule has 0 fully saturated rings. The van der Waals surface area contributed by atoms with Crippen LogP contribution in [0.25, 0.3) is 17.2 Å². The standard InChI is InChI=1S/C18H17N7O/c1-26-14-9-7-13(8-10-14)15-21-18-23-17(22-16(19)25(18)24-15)20-11-12-5-3-2-4-6-12/h2-10H,11H2,1H3,(H3,19,20,21,22,23,24). The number of benzene rings is 2. The topological polar surface area (TPSA) is 103 Å². The maximum atomic E-state index is 6.01. The van der Waals surface area contributed by atoms with Crippen LogP contribution in [-0.4, -0.2) is 31.7 Å². The van der Waals surface area contributed by atoms with Crippen LogP contribution in [0.5, 0.6) is 5.75 Å². The van der Waals surface area contributed by atoms with Crippen molar-refractivity contribution in [1.82, 2.24) is 24.6 Å². The Morgan fingerprint density at radius 3 is 2.50 bits per heavy atom. The summed E-state index contributed by atoms with van der Waals surface area (Å²) in [5, 5.41) is 7.54. The Hall–Kier alpha value is -3.68. The fourth-order valence-corrected chi connectivity index (χ4v) is 2.52. The number of nitrogens with one attached hydrogen (secondary N) is 1. The molecule has 3 N–H and O–H groups in total. The summed E-state index contributed by atoms with van der Waals surface area (Å²) in [7, 11) is 1.62. The van der Waals surface area contributed by atoms with Crippen LogP contribution in [0.1, 0.15) is 5.56 Å². The van der Waals surface area contributed by atoms with Crippen LogP contribution < -0.4 is 15.8 Å². The Morgan fingerprint density at radius 2 is 1.77 bits per heavy atom. The van der Waals surface area contributed by atoms with Gasteiger partial charge in [0.25, 0.3) is 5.78 Å². The lowest BCUT2D eigenvalue weighted by Gasteiger charge is -2.05. The van der Waals surface area contributed by atoms with Crippen molar-refractivity contribution in [2.75, 3.05) is 18.2 Å². The minimum absolute atomic E-state index is 0.220. The van der Waals surface area contributed by atoms with Gasteiger partial charge in [0, 0.05) is 12.1 Å². The minimum atomic E-state index is 0.220. The van der Waals surface area contributed by atoms with Crippen LogP contribution in [0.15, 0.2) is 54.6 Å². The van der Waals surface area contributed by atoms with Gasteiger partial charge in [-0.05, 0) is 29.8 Å². The highest BCUT2D eigenvalue weighted by Gasteiger charge is 2.12. The Kier molecular flexibility index (Phi) is 4.06. The number of ether oxygens (including phenoxy) is 1. The summed E-state index contributed by atoms with van der Waals surface area (Å²) in [5.41, 5.74) is 7.97. The summed E-state index contributed by atoms with van der Waals surface area (Å²) < 4.78 is 6.59. The first-order chi connectivity index (χ1) is 12.7. The number of rotatable bonds is 5. The molecule has 2 aromatic carbocycles. The third-order valence-corrected chi connectivity index (χ3v) is 3.88. The number of nitrogens with zero attached hydrogens (tertiary/aromatic N) is 5. The summed E-state index contributed by atoms with van der Waals surface area (Å²) in [6, 6.07) is 17.4. The molecule has 0 saturated carbocycles. The molecule has 8 heteroatoms. The van der Waals surface area contributed by atoms with E-state index in [0.717, 1.165) is 16.9 Å². The van der Waals surface area contributed by atoms with Crippen LogP contribution in [0.4, 0.5) is 11.9 Å². The van der Waals surface area contributed by atoms with Crippen LogP contribution in [0.3, 0.4) is 0 Å². The number of nitrogens with two attached hydrogens (primary N) is 1. The molecule has 0 aliphatic heterocycles. The van der Waals surface area contributed by atoms with E-state index in [0.29, 0.717) is 24.1 Å². The molecule has 4 rings (SSSR count). The maximum Gasteiger partial charge on any atom is 0.259 e. The Morgan fingerprint density at radius 1 is 1.00 bits per heavy atom. The summed E-state index contributed by atoms with van der Waals surface area (Å²) in [4.78, 5) is 13.1. The predicted molar refractivity (Wildman–Crippen MR) is 98.7 cm³/mol. The molecule has 4 aromatic rings. The second kappa shape index (κ2) is 6.67. The molecule has 8 nitrogen and oxygen atoms in total. The van der Waals surface area contributed by atoms with Crippen molar-refractivity contribution < 1.29 is 4.74 Å². The Labute approximate surface area is 149 Å². The number of hydrogen-bond acceptors (Lipinski definition) is 7. The van der Waals surface area contributed by atoms with Crippen LogP contribution in [0.2, 0.25) is 0 Å². The second-order valence-electron chi connectivity index (χ2n) is 5.62. The molecule has 0 spiro atoms. The van der Waals surface area contributed by atoms with Crippen LogP contribution in [0, 0.1) is 0 Å². The van der Waals surface area contributed by atoms with Crippen molar-refractivity contribution >= 4 is 17.7 Å². The van der Waals surface area contributed by atoms with Gasteiger partial charge in [-0.15, -0.1) is 5.10 Å². The molecule has 0 aliphatic carbocycles. The zero-order valence-electron chi connectivity index (χ0n) is 14.1. The van der Waals surface area contributed by atoms with Gasteiger partial charge in [-0.1, -0.05) is 30.3 Å². The van der Waals surface area contributed by atoms with E-state index in [9.17, 15) is 0 Å². The quantitative estimate of drug-likeness (QED) is 0.571. The van der Waals surface area contributed by atoms with E-state index in [1.54, 1.807) is 7.11 Å². The third-order valence-electron chi connectivity index (χ3n) is 3.88. The van der Waals surface area contributed by atoms with Crippen LogP contribution in [-0.2, 0) is 6.54 Å². The summed E-state index contributed by atoms with van der Waals surface area (Å²) in [6.45, 7) is 0.593. The molecule has 0 bridgehead atoms. The van der Waals surface area contributed by atoms with E-state index < -0.39 is 0 Å². The smallest absolute Gasteiger partial charge is 0.259 e. The molecule has 2 aromatic heterocycles. The highest BCUT2D eigenvalue weighted by atomic mass is 16.5. The molecule has 130 valence electrons. The lowest BCUT2D eigenvalue weighted by molar-refractivity contribution is 0.415. The largest absolute Gasteiger partial charge is 0.497 e. The Balaban J connectivity index is 1.62. The molecule has 0 amide bonds. The molecule has 0 radical (unpaired) electrons. The van der Waals surface area contributed by atoms with Gasteiger partial charge in [0.2, 0.25) is 11.9 Å². The lowest BCUT2D eigenvalue weighted by atomic mass is 10.2. The van der Waals surface area contributed by atoms with Gasteiger partial charge < -0.3 is 15.8 Å². The molecule has 0 atom stereocenters. The SMILES string of the molecule is COc1ccc(-c2nc3nc(NCc4ccccc4)nc(N)n3n2)cc1. The van der Waals surface area contributed by atoms with Crippen molar-refractivity contribution in [1.29, 1.82) is 0 Å². The average Bonchev–Trinajstić information content (AvgIpc) is 3.12. The number of nitrogen functional groups attached to an aromatic ring is 1. The molecular weight excluding hydrogens is 330 g/mol. The van der Waals surface area contributed by atoms with E-state index in [4.69, 9.17) is 10.5 Å². The van der Waals surface area contributed by atoms with E-state index in [2.05, 4.69) is 25.4 Å². The highest BCUT2D eigenvalue weighted by Crippen LogP contribution is 2.20. The van der Waals surface area contributed by atoms with Gasteiger partial charge in [0.1, 0.15) is 5.75 Å². The molecular formula is C18H17N7O. The van der Waals surface area contributed by atoms with Gasteiger partial charge in [0.15, 0.2) is 5.82 Å². The lowest BCUT2D eigenvalue weighted by Crippen LogP contribution is -2.09. The van der Waals surface area contributed by atoms with Crippen molar-refractivity contribution in [3.05, 3.63) is 60.2 Å². The first-order valence-corrected chi connectivity index (χ1v) is 8.05. The molecule has 26 heavy (non-hydrogen) atoms. The van der Waals surface area contributed by atoms with E-state index in [1.165, 1.54) is 4.52 Å². The van der Waals surface area contributed by atoms with Gasteiger partial charge >= 0.3 is 0 Å². The molecule has 0 unspecified atom stereocenters. The third kappa shape index (κ3) is 3.12. The van der Waals surface area contributed by atoms with Crippen molar-refractivity contribution in [2.45, 2.75) is 6.54 Å². The fraction of sp³-hybridized carbons (Fsp3) is 0.111. The minimum Gasteiger partial charge on any atom is -0.497 e. The van der Waals surface area contributed by atoms with E-state index >= 15 is 0 Å². The highest BCUT2D eigenvalue weighted by molar-refractivity contribution is 5.59. The number of fused-ring (bicyclic) bond motifs is 1. The normalized spacial score (nSPS) is 10.8. The second-order valence-corrected chi connectivity index (χ2v) is 5.62. The first kappa shape index (κ1) is 15.8. The first-order valence-electron chi connectivity index (χ1n) is 8.05. The van der Waals surface area contributed by atoms with Crippen LogP contribution >= 0.6 is 0 Å². The molecule has 0 saturated heterocycles. The summed E-state index contributed by atoms with van der Waals surface area (Å²) in [5.74, 6) is 2.31. The number of methoxy groups -OCH3 is 1. The van der Waals surface area contributed by atoms with Gasteiger partial charge in [-0.25, -0.2) is 0 Å². The van der Waals surface area contributed by atoms with Gasteiger partial charge in [-0.2, -0.15) is 19.5 Å². The zero-order valence-corrected chi connectivity index (χ0v) is 14.1. The molecule has 0 aliphatic rings. The van der Waals surface area contributed by atoms with Gasteiger partial charge in [-0.3, -0.25) is 0 Å². The monoisotopic (exact) mass is 347 g/mol. The van der Waals surface area contributed by atoms with E-state index in [1.807, 2.05) is 54.6 Å². The summed E-state index contributed by atoms with van der Waals surface area (Å²) in [6.07, 6.45) is 0. The predicted octanol–water partition coefficient (Wildman–Crippen LogP) is 2.39. The summed E-state index contributed by atoms with van der Waals surface area (Å²) >= 11 is 0. The van der Waals surface area contributed by atoms with Crippen molar-refractivity contribution in [3.63, 3.8) is 0 Å². The number of aromatic nitrogens is 5. The van der Waals surface area contributed by atoms with Gasteiger partial charge in [0.05, 0.1) is 7.11 Å². The van der Waals surface area contributed by atoms with Crippen molar-refractivity contribution in [3.8, 4) is 17.1 Å². The number of hydrogen-bond donors (Lipinski definition) is 2. The van der Waals surface area contributed by atoms with Crippen molar-refractivity contribution in [2.24, 2.45) is 0 Å². The van der Waals surface area contributed by atoms with E-state index in [-0.39, 0.29) is 5.95 Å². The maximum absolute atomic E-state index is 6.01. The Bertz CT molecular complexity index is 1030. The molecule has 2 heterocycles. The fourth-order valence-electron chi connectivity index (χ4n) is 2.52. The zero-order chi connectivity index (χ0) is 17.9.